The predicted octanol–water partition coefficient (Wildman–Crippen LogP) is 14.7. The Hall–Kier alpha value is -3.12. The van der Waals surface area contributed by atoms with Gasteiger partial charge in [0.05, 0.1) is 0 Å². The van der Waals surface area contributed by atoms with E-state index in [2.05, 4.69) is 143 Å². The Labute approximate surface area is 281 Å². The van der Waals surface area contributed by atoms with Crippen LogP contribution in [0, 0.1) is 26.7 Å². The van der Waals surface area contributed by atoms with Crippen molar-refractivity contribution in [1.29, 1.82) is 0 Å². The molecule has 0 N–H and O–H groups in total. The Bertz CT molecular complexity index is 1170. The van der Waals surface area contributed by atoms with E-state index in [0.717, 1.165) is 18.4 Å². The summed E-state index contributed by atoms with van der Waals surface area (Å²) in [5.74, 6) is 0.657. The molecule has 0 aliphatic carbocycles. The van der Waals surface area contributed by atoms with Gasteiger partial charge >= 0.3 is 0 Å². The molecule has 0 nitrogen and oxygen atoms in total. The zero-order valence-corrected chi connectivity index (χ0v) is 31.5. The summed E-state index contributed by atoms with van der Waals surface area (Å²) in [6.45, 7) is 35.1. The lowest BCUT2D eigenvalue weighted by molar-refractivity contribution is 0.656. The number of hydrogen-bond acceptors (Lipinski definition) is 0. The van der Waals surface area contributed by atoms with Crippen LogP contribution in [0.5, 0.6) is 0 Å². The molecule has 3 rings (SSSR count). The molecule has 0 aromatic heterocycles. The molecule has 0 atom stereocenters. The Morgan fingerprint density at radius 3 is 1.47 bits per heavy atom. The van der Waals surface area contributed by atoms with Crippen LogP contribution in [0.25, 0.3) is 5.57 Å². The molecule has 0 fully saturated rings. The molecule has 0 heteroatoms. The van der Waals surface area contributed by atoms with Crippen LogP contribution in [0.3, 0.4) is 0 Å². The smallest absolute Gasteiger partial charge is 0.0204 e. The van der Waals surface area contributed by atoms with Crippen LogP contribution in [-0.4, -0.2) is 0 Å². The first-order chi connectivity index (χ1) is 21.3. The van der Waals surface area contributed by atoms with E-state index in [1.54, 1.807) is 0 Å². The van der Waals surface area contributed by atoms with Crippen molar-refractivity contribution in [3.63, 3.8) is 0 Å². The fourth-order valence-electron chi connectivity index (χ4n) is 4.00. The summed E-state index contributed by atoms with van der Waals surface area (Å²) in [5.41, 5.74) is 11.9. The van der Waals surface area contributed by atoms with Gasteiger partial charge in [-0.3, -0.25) is 0 Å². The van der Waals surface area contributed by atoms with Gasteiger partial charge in [0.15, 0.2) is 0 Å². The van der Waals surface area contributed by atoms with E-state index in [9.17, 15) is 0 Å². The van der Waals surface area contributed by atoms with Crippen molar-refractivity contribution in [2.45, 2.75) is 134 Å². The zero-order chi connectivity index (χ0) is 34.6. The monoisotopic (exact) mass is 611 g/mol. The summed E-state index contributed by atoms with van der Waals surface area (Å²) in [6.07, 6.45) is 11.7. The number of aryl methyl sites for hydroxylation is 5. The van der Waals surface area contributed by atoms with Crippen LogP contribution in [0.4, 0.5) is 0 Å². The van der Waals surface area contributed by atoms with Gasteiger partial charge in [0.2, 0.25) is 0 Å². The molecule has 0 amide bonds. The highest BCUT2D eigenvalue weighted by Crippen LogP contribution is 2.15. The van der Waals surface area contributed by atoms with Gasteiger partial charge in [0, 0.05) is 0 Å². The van der Waals surface area contributed by atoms with E-state index in [-0.39, 0.29) is 0 Å². The first-order valence-corrected chi connectivity index (χ1v) is 17.4. The van der Waals surface area contributed by atoms with Crippen LogP contribution in [-0.2, 0) is 12.8 Å². The minimum Gasteiger partial charge on any atom is -0.100 e. The molecular weight excluding hydrogens is 540 g/mol. The second-order valence-electron chi connectivity index (χ2n) is 12.8. The quantitative estimate of drug-likeness (QED) is 0.150. The average molecular weight is 611 g/mol. The normalized spacial score (nSPS) is 9.60. The van der Waals surface area contributed by atoms with Gasteiger partial charge in [-0.2, -0.15) is 0 Å². The van der Waals surface area contributed by atoms with Crippen molar-refractivity contribution in [3.05, 3.63) is 137 Å². The van der Waals surface area contributed by atoms with Gasteiger partial charge in [-0.05, 0) is 94.5 Å². The maximum atomic E-state index is 3.89. The molecule has 0 unspecified atom stereocenters. The van der Waals surface area contributed by atoms with Crippen molar-refractivity contribution >= 4 is 5.57 Å². The van der Waals surface area contributed by atoms with E-state index in [1.807, 2.05) is 26.0 Å². The molecule has 3 aromatic carbocycles. The van der Waals surface area contributed by atoms with Crippen molar-refractivity contribution in [2.75, 3.05) is 0 Å². The molecule has 0 aliphatic heterocycles. The summed E-state index contributed by atoms with van der Waals surface area (Å²) in [7, 11) is 0. The van der Waals surface area contributed by atoms with E-state index < -0.39 is 0 Å². The standard InChI is InChI=1S/C12H16.C10H12.C10H14.C7H16.C6H12/c1-10(2)4-7-12-8-5-11(3)6-9-12;1-8(2)10-7-5-4-6-9(10)3;1-3-6-10-8-5-4-7-9(10)2;1-3-5-7-6-4-2;1-5(2)6(3)4/h5-6,8-9H,1,4,7H2,2-3H3;4-7H,1H2,2-3H3;4-5,7-8H,3,6H2,1-2H3;3-7H2,1-2H3;6H,1H2,2-4H3. The molecule has 0 spiro atoms. The Balaban J connectivity index is 0. The molecule has 0 aliphatic rings. The van der Waals surface area contributed by atoms with Gasteiger partial charge in [-0.1, -0.05) is 181 Å². The predicted molar refractivity (Wildman–Crippen MR) is 209 cm³/mol. The maximum absolute atomic E-state index is 3.89. The van der Waals surface area contributed by atoms with Gasteiger partial charge in [0.25, 0.3) is 0 Å². The van der Waals surface area contributed by atoms with E-state index in [1.165, 1.54) is 89.5 Å². The molecule has 0 saturated heterocycles. The van der Waals surface area contributed by atoms with Crippen LogP contribution in [0.2, 0.25) is 0 Å². The van der Waals surface area contributed by atoms with E-state index in [0.29, 0.717) is 5.92 Å². The lowest BCUT2D eigenvalue weighted by Crippen LogP contribution is -1.85. The fourth-order valence-corrected chi connectivity index (χ4v) is 4.00. The zero-order valence-electron chi connectivity index (χ0n) is 31.5. The van der Waals surface area contributed by atoms with Crippen molar-refractivity contribution in [2.24, 2.45) is 5.92 Å². The summed E-state index contributed by atoms with van der Waals surface area (Å²) >= 11 is 0. The van der Waals surface area contributed by atoms with Crippen LogP contribution in [0.15, 0.2) is 104 Å². The third-order valence-corrected chi connectivity index (χ3v) is 7.54. The second-order valence-corrected chi connectivity index (χ2v) is 12.8. The van der Waals surface area contributed by atoms with Gasteiger partial charge in [0.1, 0.15) is 0 Å². The molecule has 0 bridgehead atoms. The number of benzene rings is 3. The van der Waals surface area contributed by atoms with Gasteiger partial charge < -0.3 is 0 Å². The van der Waals surface area contributed by atoms with E-state index >= 15 is 0 Å². The first-order valence-electron chi connectivity index (χ1n) is 17.4. The number of allylic oxidation sites excluding steroid dienone is 3. The highest BCUT2D eigenvalue weighted by molar-refractivity contribution is 5.64. The van der Waals surface area contributed by atoms with Crippen molar-refractivity contribution < 1.29 is 0 Å². The van der Waals surface area contributed by atoms with Crippen molar-refractivity contribution in [1.82, 2.24) is 0 Å². The summed E-state index contributed by atoms with van der Waals surface area (Å²) in [5, 5.41) is 0. The number of unbranched alkanes of at least 4 members (excludes halogenated alkanes) is 4. The molecule has 0 radical (unpaired) electrons. The highest BCUT2D eigenvalue weighted by atomic mass is 14.0. The molecule has 250 valence electrons. The number of rotatable bonds is 11. The molecule has 45 heavy (non-hydrogen) atoms. The van der Waals surface area contributed by atoms with Crippen LogP contribution >= 0.6 is 0 Å². The topological polar surface area (TPSA) is 0 Å². The largest absolute Gasteiger partial charge is 0.100 e. The number of hydrogen-bond donors (Lipinski definition) is 0. The SMILES string of the molecule is C=C(C)C(C)C.C=C(C)CCc1ccc(C)cc1.C=C(C)c1ccccc1C.CCCCCCC.CCCc1ccccc1C. The third-order valence-electron chi connectivity index (χ3n) is 7.54. The van der Waals surface area contributed by atoms with Gasteiger partial charge in [-0.25, -0.2) is 0 Å². The Kier molecular flexibility index (Phi) is 27.7. The first kappa shape index (κ1) is 44.0. The molecule has 3 aromatic rings. The maximum Gasteiger partial charge on any atom is -0.0204 e. The summed E-state index contributed by atoms with van der Waals surface area (Å²) in [6, 6.07) is 25.6. The fraction of sp³-hybridized carbons (Fsp3) is 0.467. The van der Waals surface area contributed by atoms with E-state index in [4.69, 9.17) is 0 Å². The lowest BCUT2D eigenvalue weighted by Gasteiger charge is -2.02. The molecule has 0 saturated carbocycles. The van der Waals surface area contributed by atoms with Crippen molar-refractivity contribution in [3.8, 4) is 0 Å². The average Bonchev–Trinajstić information content (AvgIpc) is 3.00. The molecule has 0 heterocycles. The third kappa shape index (κ3) is 25.9. The minimum absolute atomic E-state index is 0.657. The van der Waals surface area contributed by atoms with Crippen LogP contribution in [0.1, 0.15) is 134 Å². The van der Waals surface area contributed by atoms with Gasteiger partial charge in [-0.15, -0.1) is 6.58 Å². The Morgan fingerprint density at radius 1 is 0.600 bits per heavy atom. The Morgan fingerprint density at radius 2 is 1.09 bits per heavy atom. The highest BCUT2D eigenvalue weighted by Gasteiger charge is 1.95. The molecular formula is C45H70. The second kappa shape index (κ2) is 28.4. The van der Waals surface area contributed by atoms with Crippen LogP contribution < -0.4 is 0 Å². The lowest BCUT2D eigenvalue weighted by atomic mass is 10.0. The summed E-state index contributed by atoms with van der Waals surface area (Å²) < 4.78 is 0. The summed E-state index contributed by atoms with van der Waals surface area (Å²) in [4.78, 5) is 0. The minimum atomic E-state index is 0.657.